The lowest BCUT2D eigenvalue weighted by Gasteiger charge is -2.09. The maximum absolute atomic E-state index is 12.2. The Bertz CT molecular complexity index is 766. The molecule has 1 amide bonds. The molecule has 0 unspecified atom stereocenters. The zero-order valence-electron chi connectivity index (χ0n) is 12.2. The molecule has 0 atom stereocenters. The van der Waals surface area contributed by atoms with Crippen LogP contribution in [0.2, 0.25) is 0 Å². The van der Waals surface area contributed by atoms with Gasteiger partial charge in [0.1, 0.15) is 5.82 Å². The summed E-state index contributed by atoms with van der Waals surface area (Å²) in [5, 5.41) is 7.33. The van der Waals surface area contributed by atoms with Crippen molar-refractivity contribution in [1.29, 1.82) is 0 Å². The molecule has 3 rings (SSSR count). The van der Waals surface area contributed by atoms with Crippen molar-refractivity contribution >= 4 is 11.7 Å². The Hall–Kier alpha value is -2.95. The van der Waals surface area contributed by atoms with Gasteiger partial charge in [-0.3, -0.25) is 9.78 Å². The van der Waals surface area contributed by atoms with Crippen molar-refractivity contribution in [2.45, 2.75) is 13.5 Å². The Kier molecular flexibility index (Phi) is 3.96. The van der Waals surface area contributed by atoms with E-state index in [1.807, 2.05) is 43.3 Å². The van der Waals surface area contributed by atoms with E-state index in [4.69, 9.17) is 0 Å². The number of nitrogens with zero attached hydrogens (tertiary/aromatic N) is 3. The van der Waals surface area contributed by atoms with Crippen molar-refractivity contribution < 1.29 is 4.79 Å². The molecule has 3 aromatic rings. The third kappa shape index (κ3) is 3.20. The number of anilines is 1. The van der Waals surface area contributed by atoms with E-state index in [2.05, 4.69) is 15.4 Å². The lowest BCUT2D eigenvalue weighted by atomic mass is 10.2. The second-order valence-corrected chi connectivity index (χ2v) is 5.01. The molecule has 22 heavy (non-hydrogen) atoms. The number of hydrogen-bond donors (Lipinski definition) is 1. The van der Waals surface area contributed by atoms with Crippen molar-refractivity contribution in [3.05, 3.63) is 77.7 Å². The average Bonchev–Trinajstić information content (AvgIpc) is 2.88. The van der Waals surface area contributed by atoms with E-state index < -0.39 is 0 Å². The molecule has 0 bridgehead atoms. The highest BCUT2D eigenvalue weighted by atomic mass is 16.1. The predicted molar refractivity (Wildman–Crippen MR) is 84.7 cm³/mol. The Labute approximate surface area is 128 Å². The normalized spacial score (nSPS) is 10.4. The lowest BCUT2D eigenvalue weighted by molar-refractivity contribution is 0.102. The summed E-state index contributed by atoms with van der Waals surface area (Å²) in [5.74, 6) is 0.484. The first-order valence-electron chi connectivity index (χ1n) is 7.02. The molecule has 2 heterocycles. The summed E-state index contributed by atoms with van der Waals surface area (Å²) < 4.78 is 1.79. The van der Waals surface area contributed by atoms with Gasteiger partial charge in [-0.15, -0.1) is 0 Å². The number of hydrogen-bond acceptors (Lipinski definition) is 3. The summed E-state index contributed by atoms with van der Waals surface area (Å²) in [5.41, 5.74) is 2.51. The van der Waals surface area contributed by atoms with Gasteiger partial charge in [-0.2, -0.15) is 5.10 Å². The smallest absolute Gasteiger partial charge is 0.258 e. The Morgan fingerprint density at radius 1 is 1.18 bits per heavy atom. The van der Waals surface area contributed by atoms with Crippen molar-refractivity contribution in [1.82, 2.24) is 14.8 Å². The van der Waals surface area contributed by atoms with Crippen LogP contribution in [0.4, 0.5) is 5.82 Å². The first-order valence-corrected chi connectivity index (χ1v) is 7.02. The molecule has 0 aliphatic heterocycles. The fourth-order valence-corrected chi connectivity index (χ4v) is 2.21. The average molecular weight is 292 g/mol. The van der Waals surface area contributed by atoms with Crippen LogP contribution in [0.25, 0.3) is 0 Å². The lowest BCUT2D eigenvalue weighted by Crippen LogP contribution is -2.16. The Balaban J connectivity index is 1.81. The molecule has 1 aromatic carbocycles. The minimum absolute atomic E-state index is 0.192. The summed E-state index contributed by atoms with van der Waals surface area (Å²) in [6.07, 6.45) is 3.18. The molecule has 5 heteroatoms. The van der Waals surface area contributed by atoms with Gasteiger partial charge in [0.15, 0.2) is 0 Å². The standard InChI is InChI=1S/C17H16N4O/c1-13-10-16(19-17(22)15-8-5-9-18-11-15)21(20-13)12-14-6-3-2-4-7-14/h2-11H,12H2,1H3,(H,19,22). The number of amides is 1. The molecule has 0 aliphatic rings. The summed E-state index contributed by atoms with van der Waals surface area (Å²) in [6.45, 7) is 2.51. The van der Waals surface area contributed by atoms with Gasteiger partial charge in [-0.1, -0.05) is 30.3 Å². The molecule has 0 aliphatic carbocycles. The van der Waals surface area contributed by atoms with Gasteiger partial charge in [0.2, 0.25) is 0 Å². The summed E-state index contributed by atoms with van der Waals surface area (Å²) >= 11 is 0. The Morgan fingerprint density at radius 3 is 2.73 bits per heavy atom. The van der Waals surface area contributed by atoms with E-state index >= 15 is 0 Å². The van der Waals surface area contributed by atoms with Crippen LogP contribution < -0.4 is 5.32 Å². The third-order valence-electron chi connectivity index (χ3n) is 3.24. The number of benzene rings is 1. The highest BCUT2D eigenvalue weighted by molar-refractivity contribution is 6.03. The fraction of sp³-hybridized carbons (Fsp3) is 0.118. The summed E-state index contributed by atoms with van der Waals surface area (Å²) in [4.78, 5) is 16.2. The van der Waals surface area contributed by atoms with Gasteiger partial charge in [0, 0.05) is 18.5 Å². The molecule has 0 fully saturated rings. The predicted octanol–water partition coefficient (Wildman–Crippen LogP) is 2.89. The SMILES string of the molecule is Cc1cc(NC(=O)c2cccnc2)n(Cc2ccccc2)n1. The molecule has 0 spiro atoms. The first kappa shape index (κ1) is 14.0. The van der Waals surface area contributed by atoms with Gasteiger partial charge < -0.3 is 5.32 Å². The largest absolute Gasteiger partial charge is 0.307 e. The van der Waals surface area contributed by atoms with E-state index in [-0.39, 0.29) is 5.91 Å². The molecule has 1 N–H and O–H groups in total. The molecule has 0 radical (unpaired) electrons. The van der Waals surface area contributed by atoms with Crippen LogP contribution in [-0.4, -0.2) is 20.7 Å². The van der Waals surface area contributed by atoms with Crippen LogP contribution >= 0.6 is 0 Å². The molecule has 0 saturated carbocycles. The molecule has 0 saturated heterocycles. The van der Waals surface area contributed by atoms with Crippen molar-refractivity contribution in [2.24, 2.45) is 0 Å². The van der Waals surface area contributed by atoms with E-state index in [9.17, 15) is 4.79 Å². The van der Waals surface area contributed by atoms with Gasteiger partial charge in [-0.25, -0.2) is 4.68 Å². The second kappa shape index (κ2) is 6.22. The third-order valence-corrected chi connectivity index (χ3v) is 3.24. The van der Waals surface area contributed by atoms with Gasteiger partial charge in [-0.05, 0) is 24.6 Å². The number of aryl methyl sites for hydroxylation is 1. The van der Waals surface area contributed by atoms with Crippen LogP contribution in [0, 0.1) is 6.92 Å². The number of aromatic nitrogens is 3. The second-order valence-electron chi connectivity index (χ2n) is 5.01. The number of pyridine rings is 1. The van der Waals surface area contributed by atoms with Crippen LogP contribution in [0.15, 0.2) is 60.9 Å². The summed E-state index contributed by atoms with van der Waals surface area (Å²) in [6, 6.07) is 15.3. The molecule has 110 valence electrons. The monoisotopic (exact) mass is 292 g/mol. The van der Waals surface area contributed by atoms with E-state index in [1.165, 1.54) is 0 Å². The van der Waals surface area contributed by atoms with Gasteiger partial charge >= 0.3 is 0 Å². The van der Waals surface area contributed by atoms with Crippen molar-refractivity contribution in [2.75, 3.05) is 5.32 Å². The zero-order valence-corrected chi connectivity index (χ0v) is 12.2. The van der Waals surface area contributed by atoms with Gasteiger partial charge in [0.25, 0.3) is 5.91 Å². The van der Waals surface area contributed by atoms with Crippen molar-refractivity contribution in [3.63, 3.8) is 0 Å². The molecular formula is C17H16N4O. The Morgan fingerprint density at radius 2 is 2.00 bits per heavy atom. The van der Waals surface area contributed by atoms with E-state index in [0.29, 0.717) is 17.9 Å². The van der Waals surface area contributed by atoms with E-state index in [1.54, 1.807) is 29.2 Å². The van der Waals surface area contributed by atoms with Crippen LogP contribution in [0.5, 0.6) is 0 Å². The maximum Gasteiger partial charge on any atom is 0.258 e. The molecule has 5 nitrogen and oxygen atoms in total. The van der Waals surface area contributed by atoms with Crippen LogP contribution in [0.1, 0.15) is 21.6 Å². The number of carbonyl (C=O) groups is 1. The number of carbonyl (C=O) groups excluding carboxylic acids is 1. The van der Waals surface area contributed by atoms with Crippen molar-refractivity contribution in [3.8, 4) is 0 Å². The molecule has 2 aromatic heterocycles. The topological polar surface area (TPSA) is 59.8 Å². The highest BCUT2D eigenvalue weighted by Crippen LogP contribution is 2.14. The van der Waals surface area contributed by atoms with Crippen LogP contribution in [0.3, 0.4) is 0 Å². The highest BCUT2D eigenvalue weighted by Gasteiger charge is 2.11. The minimum Gasteiger partial charge on any atom is -0.307 e. The fourth-order valence-electron chi connectivity index (χ4n) is 2.21. The minimum atomic E-state index is -0.192. The van der Waals surface area contributed by atoms with E-state index in [0.717, 1.165) is 11.3 Å². The maximum atomic E-state index is 12.2. The summed E-state index contributed by atoms with van der Waals surface area (Å²) in [7, 11) is 0. The number of nitrogens with one attached hydrogen (secondary N) is 1. The van der Waals surface area contributed by atoms with Crippen LogP contribution in [-0.2, 0) is 6.54 Å². The first-order chi connectivity index (χ1) is 10.7. The number of rotatable bonds is 4. The molecular weight excluding hydrogens is 276 g/mol. The quantitative estimate of drug-likeness (QED) is 0.804. The zero-order chi connectivity index (χ0) is 15.4. The van der Waals surface area contributed by atoms with Gasteiger partial charge in [0.05, 0.1) is 17.8 Å².